The lowest BCUT2D eigenvalue weighted by Crippen LogP contribution is -2.43. The first-order valence-corrected chi connectivity index (χ1v) is 13.6. The highest BCUT2D eigenvalue weighted by molar-refractivity contribution is 8.13. The molecule has 5 rings (SSSR count). The van der Waals surface area contributed by atoms with Crippen molar-refractivity contribution in [2.45, 2.75) is 19.4 Å². The highest BCUT2D eigenvalue weighted by Gasteiger charge is 2.37. The molecule has 1 saturated heterocycles. The Bertz CT molecular complexity index is 1450. The van der Waals surface area contributed by atoms with Crippen LogP contribution in [0.25, 0.3) is 0 Å². The molecule has 2 aliphatic heterocycles. The van der Waals surface area contributed by atoms with E-state index in [2.05, 4.69) is 15.5 Å². The Balaban J connectivity index is 1.50. The summed E-state index contributed by atoms with van der Waals surface area (Å²) in [6.45, 7) is 2.64. The SMILES string of the molecule is COc1ccccc1NC(=O)C1=C(C)N=C2SCCCN2C1c1cccc(NC(=O)c2ccccc2Cl)c1. The number of methoxy groups -OCH3 is 1. The number of ether oxygens (including phenoxy) is 1. The van der Waals surface area contributed by atoms with Crippen LogP contribution >= 0.6 is 23.4 Å². The van der Waals surface area contributed by atoms with Gasteiger partial charge in [-0.3, -0.25) is 9.59 Å². The maximum Gasteiger partial charge on any atom is 0.257 e. The van der Waals surface area contributed by atoms with Crippen molar-refractivity contribution >= 4 is 51.7 Å². The Morgan fingerprint density at radius 2 is 1.82 bits per heavy atom. The number of fused-ring (bicyclic) bond motifs is 1. The minimum absolute atomic E-state index is 0.249. The molecule has 9 heteroatoms. The third-order valence-electron chi connectivity index (χ3n) is 6.44. The number of carbonyl (C=O) groups excluding carboxylic acids is 2. The van der Waals surface area contributed by atoms with E-state index in [1.54, 1.807) is 55.3 Å². The number of allylic oxidation sites excluding steroid dienone is 1. The van der Waals surface area contributed by atoms with E-state index < -0.39 is 0 Å². The average Bonchev–Trinajstić information content (AvgIpc) is 2.92. The Kier molecular flexibility index (Phi) is 7.72. The molecule has 3 aromatic carbocycles. The maximum absolute atomic E-state index is 13.8. The number of amidine groups is 1. The number of rotatable bonds is 6. The number of amides is 2. The zero-order valence-corrected chi connectivity index (χ0v) is 22.6. The van der Waals surface area contributed by atoms with Gasteiger partial charge in [0.15, 0.2) is 5.17 Å². The van der Waals surface area contributed by atoms with Crippen LogP contribution in [0.5, 0.6) is 5.75 Å². The van der Waals surface area contributed by atoms with Gasteiger partial charge < -0.3 is 20.3 Å². The van der Waals surface area contributed by atoms with Gasteiger partial charge in [0.1, 0.15) is 5.75 Å². The highest BCUT2D eigenvalue weighted by atomic mass is 35.5. The van der Waals surface area contributed by atoms with Crippen molar-refractivity contribution in [3.63, 3.8) is 0 Å². The van der Waals surface area contributed by atoms with E-state index >= 15 is 0 Å². The van der Waals surface area contributed by atoms with Gasteiger partial charge in [0, 0.05) is 18.0 Å². The van der Waals surface area contributed by atoms with E-state index in [4.69, 9.17) is 21.3 Å². The lowest BCUT2D eigenvalue weighted by atomic mass is 9.93. The van der Waals surface area contributed by atoms with E-state index in [0.717, 1.165) is 29.4 Å². The summed E-state index contributed by atoms with van der Waals surface area (Å²) in [5.74, 6) is 1.01. The lowest BCUT2D eigenvalue weighted by molar-refractivity contribution is -0.113. The third-order valence-corrected chi connectivity index (χ3v) is 7.84. The van der Waals surface area contributed by atoms with Gasteiger partial charge in [-0.2, -0.15) is 0 Å². The molecule has 0 radical (unpaired) electrons. The summed E-state index contributed by atoms with van der Waals surface area (Å²) in [6.07, 6.45) is 0.976. The summed E-state index contributed by atoms with van der Waals surface area (Å²) < 4.78 is 5.43. The molecule has 3 aromatic rings. The van der Waals surface area contributed by atoms with Crippen molar-refractivity contribution in [1.29, 1.82) is 0 Å². The molecule has 0 aromatic heterocycles. The van der Waals surface area contributed by atoms with Gasteiger partial charge in [0.05, 0.1) is 40.7 Å². The van der Waals surface area contributed by atoms with Crippen LogP contribution < -0.4 is 15.4 Å². The molecule has 2 aliphatic rings. The molecular formula is C29H27ClN4O3S. The number of nitrogens with zero attached hydrogens (tertiary/aromatic N) is 2. The largest absolute Gasteiger partial charge is 0.495 e. The van der Waals surface area contributed by atoms with Crippen LogP contribution in [0, 0.1) is 0 Å². The van der Waals surface area contributed by atoms with Crippen LogP contribution in [0.4, 0.5) is 11.4 Å². The standard InChI is InChI=1S/C29H27ClN4O3S/c1-18-25(28(36)33-23-13-5-6-14-24(23)37-2)26(34-15-8-16-38-29(34)31-18)19-9-7-10-20(17-19)32-27(35)21-11-3-4-12-22(21)30/h3-7,9-14,17,26H,8,15-16H2,1-2H3,(H,32,35)(H,33,36). The Hall–Kier alpha value is -3.75. The molecule has 0 aliphatic carbocycles. The van der Waals surface area contributed by atoms with E-state index in [9.17, 15) is 9.59 Å². The number of hydrogen-bond acceptors (Lipinski definition) is 6. The second-order valence-electron chi connectivity index (χ2n) is 8.91. The first kappa shape index (κ1) is 25.9. The molecular weight excluding hydrogens is 520 g/mol. The average molecular weight is 547 g/mol. The summed E-state index contributed by atoms with van der Waals surface area (Å²) in [5, 5.41) is 7.26. The third kappa shape index (κ3) is 5.28. The monoisotopic (exact) mass is 546 g/mol. The van der Waals surface area contributed by atoms with Gasteiger partial charge >= 0.3 is 0 Å². The molecule has 2 heterocycles. The van der Waals surface area contributed by atoms with E-state index in [0.29, 0.717) is 39.0 Å². The number of aliphatic imine (C=N–C) groups is 1. The maximum atomic E-state index is 13.8. The fraction of sp³-hybridized carbons (Fsp3) is 0.207. The molecule has 2 amide bonds. The van der Waals surface area contributed by atoms with Crippen molar-refractivity contribution in [1.82, 2.24) is 4.90 Å². The second-order valence-corrected chi connectivity index (χ2v) is 10.4. The molecule has 2 N–H and O–H groups in total. The minimum atomic E-state index is -0.373. The minimum Gasteiger partial charge on any atom is -0.495 e. The van der Waals surface area contributed by atoms with E-state index in [1.165, 1.54) is 0 Å². The van der Waals surface area contributed by atoms with Gasteiger partial charge in [-0.05, 0) is 55.3 Å². The van der Waals surface area contributed by atoms with Crippen molar-refractivity contribution in [2.75, 3.05) is 30.0 Å². The number of anilines is 2. The van der Waals surface area contributed by atoms with Crippen LogP contribution in [0.1, 0.15) is 35.3 Å². The van der Waals surface area contributed by atoms with Crippen molar-refractivity contribution in [2.24, 2.45) is 4.99 Å². The highest BCUT2D eigenvalue weighted by Crippen LogP contribution is 2.40. The number of carbonyl (C=O) groups is 2. The van der Waals surface area contributed by atoms with Crippen LogP contribution in [0.3, 0.4) is 0 Å². The Labute approximate surface area is 230 Å². The summed E-state index contributed by atoms with van der Waals surface area (Å²) in [6, 6.07) is 21.4. The molecule has 1 unspecified atom stereocenters. The normalized spacial score (nSPS) is 16.9. The molecule has 0 saturated carbocycles. The fourth-order valence-corrected chi connectivity index (χ4v) is 5.91. The van der Waals surface area contributed by atoms with Crippen LogP contribution in [-0.4, -0.2) is 41.3 Å². The number of thioether (sulfide) groups is 1. The molecule has 0 bridgehead atoms. The van der Waals surface area contributed by atoms with Gasteiger partial charge in [-0.1, -0.05) is 59.8 Å². The molecule has 0 spiro atoms. The number of benzene rings is 3. The van der Waals surface area contributed by atoms with E-state index in [1.807, 2.05) is 43.3 Å². The van der Waals surface area contributed by atoms with Crippen molar-refractivity contribution in [3.05, 3.63) is 100 Å². The number of hydrogen-bond donors (Lipinski definition) is 2. The smallest absolute Gasteiger partial charge is 0.257 e. The summed E-state index contributed by atoms with van der Waals surface area (Å²) >= 11 is 7.92. The van der Waals surface area contributed by atoms with Crippen LogP contribution in [0.15, 0.2) is 89.1 Å². The zero-order valence-electron chi connectivity index (χ0n) is 21.0. The van der Waals surface area contributed by atoms with Gasteiger partial charge in [-0.25, -0.2) is 4.99 Å². The molecule has 1 fully saturated rings. The Morgan fingerprint density at radius 3 is 2.63 bits per heavy atom. The van der Waals surface area contributed by atoms with Gasteiger partial charge in [0.25, 0.3) is 11.8 Å². The van der Waals surface area contributed by atoms with Crippen molar-refractivity contribution in [3.8, 4) is 5.75 Å². The summed E-state index contributed by atoms with van der Waals surface area (Å²) in [5.41, 5.74) is 3.68. The van der Waals surface area contributed by atoms with Gasteiger partial charge in [-0.15, -0.1) is 0 Å². The number of nitrogens with one attached hydrogen (secondary N) is 2. The first-order valence-electron chi connectivity index (χ1n) is 12.3. The topological polar surface area (TPSA) is 83.0 Å². The second kappa shape index (κ2) is 11.3. The quantitative estimate of drug-likeness (QED) is 0.376. The zero-order chi connectivity index (χ0) is 26.6. The van der Waals surface area contributed by atoms with Gasteiger partial charge in [0.2, 0.25) is 0 Å². The molecule has 7 nitrogen and oxygen atoms in total. The molecule has 1 atom stereocenters. The first-order chi connectivity index (χ1) is 18.5. The van der Waals surface area contributed by atoms with Crippen LogP contribution in [0.2, 0.25) is 5.02 Å². The predicted molar refractivity (Wildman–Crippen MR) is 154 cm³/mol. The number of para-hydroxylation sites is 2. The molecule has 38 heavy (non-hydrogen) atoms. The van der Waals surface area contributed by atoms with Crippen LogP contribution in [-0.2, 0) is 4.79 Å². The fourth-order valence-electron chi connectivity index (χ4n) is 4.67. The van der Waals surface area contributed by atoms with Crippen molar-refractivity contribution < 1.29 is 14.3 Å². The molecule has 194 valence electrons. The van der Waals surface area contributed by atoms with E-state index in [-0.39, 0.29) is 17.9 Å². The number of halogens is 1. The lowest BCUT2D eigenvalue weighted by Gasteiger charge is -2.41. The summed E-state index contributed by atoms with van der Waals surface area (Å²) in [4.78, 5) is 33.7. The predicted octanol–water partition coefficient (Wildman–Crippen LogP) is 6.36. The Morgan fingerprint density at radius 1 is 1.03 bits per heavy atom. The summed E-state index contributed by atoms with van der Waals surface area (Å²) in [7, 11) is 1.57.